The molecule has 0 heterocycles. The van der Waals surface area contributed by atoms with Gasteiger partial charge in [0.2, 0.25) is 12.2 Å². The highest BCUT2D eigenvalue weighted by atomic mass is 19.4. The van der Waals surface area contributed by atoms with E-state index in [1.54, 1.807) is 0 Å². The largest absolute Gasteiger partial charge is 0.493 e. The number of alkyl halides is 3. The highest BCUT2D eigenvalue weighted by Gasteiger charge is 2.32. The van der Waals surface area contributed by atoms with Gasteiger partial charge in [-0.05, 0) is 41.5 Å². The van der Waals surface area contributed by atoms with Crippen LogP contribution in [0.3, 0.4) is 0 Å². The monoisotopic (exact) mass is 383 g/mol. The molecule has 0 aromatic heterocycles. The predicted octanol–water partition coefficient (Wildman–Crippen LogP) is 3.28. The fraction of sp³-hybridized carbons (Fsp3) is 0.222. The van der Waals surface area contributed by atoms with E-state index in [1.165, 1.54) is 33.5 Å². The lowest BCUT2D eigenvalue weighted by Gasteiger charge is -2.17. The summed E-state index contributed by atoms with van der Waals surface area (Å²) >= 11 is 0. The molecule has 0 radical (unpaired) electrons. The molecule has 0 aliphatic rings. The number of ether oxygens (including phenoxy) is 3. The van der Waals surface area contributed by atoms with Crippen LogP contribution in [0, 0.1) is 0 Å². The Kier molecular flexibility index (Phi) is 5.94. The first-order valence-corrected chi connectivity index (χ1v) is 7.53. The lowest BCUT2D eigenvalue weighted by molar-refractivity contribution is -0.137. The van der Waals surface area contributed by atoms with Gasteiger partial charge in [0.05, 0.1) is 26.9 Å². The van der Waals surface area contributed by atoms with E-state index >= 15 is 0 Å². The molecule has 27 heavy (non-hydrogen) atoms. The van der Waals surface area contributed by atoms with Crippen LogP contribution in [-0.2, 0) is 11.0 Å². The molecule has 2 amide bonds. The predicted molar refractivity (Wildman–Crippen MR) is 90.1 cm³/mol. The molecule has 0 spiro atoms. The van der Waals surface area contributed by atoms with Crippen molar-refractivity contribution in [3.8, 4) is 28.4 Å². The van der Waals surface area contributed by atoms with E-state index in [9.17, 15) is 22.8 Å². The summed E-state index contributed by atoms with van der Waals surface area (Å²) in [5.74, 6) is -0.200. The van der Waals surface area contributed by atoms with Gasteiger partial charge in [-0.3, -0.25) is 14.9 Å². The van der Waals surface area contributed by atoms with Crippen molar-refractivity contribution >= 4 is 12.3 Å². The molecular weight excluding hydrogens is 367 g/mol. The Bertz CT molecular complexity index is 840. The van der Waals surface area contributed by atoms with Crippen LogP contribution in [0.25, 0.3) is 11.1 Å². The Labute approximate surface area is 152 Å². The van der Waals surface area contributed by atoms with E-state index in [2.05, 4.69) is 0 Å². The summed E-state index contributed by atoms with van der Waals surface area (Å²) in [7, 11) is 4.09. The summed E-state index contributed by atoms with van der Waals surface area (Å²) in [5.41, 5.74) is -0.909. The Morgan fingerprint density at radius 1 is 1.00 bits per heavy atom. The minimum Gasteiger partial charge on any atom is -0.493 e. The molecule has 144 valence electrons. The van der Waals surface area contributed by atoms with Crippen molar-refractivity contribution in [3.05, 3.63) is 41.5 Å². The van der Waals surface area contributed by atoms with E-state index in [0.29, 0.717) is 0 Å². The van der Waals surface area contributed by atoms with Crippen molar-refractivity contribution in [2.24, 2.45) is 0 Å². The van der Waals surface area contributed by atoms with Gasteiger partial charge < -0.3 is 14.2 Å². The maximum absolute atomic E-state index is 13.1. The number of carbonyl (C=O) groups is 2. The zero-order chi connectivity index (χ0) is 20.2. The van der Waals surface area contributed by atoms with Crippen molar-refractivity contribution in [2.45, 2.75) is 6.18 Å². The Hall–Kier alpha value is -3.23. The van der Waals surface area contributed by atoms with Crippen LogP contribution < -0.4 is 19.5 Å². The number of hydrogen-bond donors (Lipinski definition) is 1. The van der Waals surface area contributed by atoms with Gasteiger partial charge in [-0.2, -0.15) is 13.2 Å². The molecule has 0 fully saturated rings. The van der Waals surface area contributed by atoms with Gasteiger partial charge in [0, 0.05) is 5.56 Å². The second-order valence-corrected chi connectivity index (χ2v) is 5.26. The van der Waals surface area contributed by atoms with Gasteiger partial charge in [-0.1, -0.05) is 0 Å². The maximum atomic E-state index is 13.1. The third kappa shape index (κ3) is 4.13. The zero-order valence-electron chi connectivity index (χ0n) is 14.6. The molecule has 2 rings (SSSR count). The van der Waals surface area contributed by atoms with Gasteiger partial charge >= 0.3 is 6.18 Å². The van der Waals surface area contributed by atoms with Crippen molar-refractivity contribution in [1.82, 2.24) is 5.32 Å². The van der Waals surface area contributed by atoms with E-state index < -0.39 is 17.6 Å². The topological polar surface area (TPSA) is 73.9 Å². The number of benzene rings is 2. The van der Waals surface area contributed by atoms with Crippen molar-refractivity contribution in [2.75, 3.05) is 21.3 Å². The fourth-order valence-corrected chi connectivity index (χ4v) is 2.53. The van der Waals surface area contributed by atoms with Crippen LogP contribution >= 0.6 is 0 Å². The third-order valence-corrected chi connectivity index (χ3v) is 3.76. The lowest BCUT2D eigenvalue weighted by Crippen LogP contribution is -2.22. The normalized spacial score (nSPS) is 10.9. The van der Waals surface area contributed by atoms with Crippen LogP contribution in [0.2, 0.25) is 0 Å². The number of amides is 2. The molecule has 0 unspecified atom stereocenters. The van der Waals surface area contributed by atoms with Gasteiger partial charge in [-0.25, -0.2) is 0 Å². The quantitative estimate of drug-likeness (QED) is 0.775. The summed E-state index contributed by atoms with van der Waals surface area (Å²) in [5, 5.41) is 1.92. The fourth-order valence-electron chi connectivity index (χ4n) is 2.53. The molecular formula is C18H16F3NO5. The summed E-state index contributed by atoms with van der Waals surface area (Å²) in [4.78, 5) is 22.7. The van der Waals surface area contributed by atoms with Gasteiger partial charge in [0.15, 0.2) is 11.5 Å². The van der Waals surface area contributed by atoms with Crippen molar-refractivity contribution in [1.29, 1.82) is 0 Å². The highest BCUT2D eigenvalue weighted by molar-refractivity contribution is 6.05. The van der Waals surface area contributed by atoms with Crippen LogP contribution in [-0.4, -0.2) is 33.6 Å². The second kappa shape index (κ2) is 7.98. The number of hydrogen-bond acceptors (Lipinski definition) is 5. The average molecular weight is 383 g/mol. The van der Waals surface area contributed by atoms with Gasteiger partial charge in [0.25, 0.3) is 5.91 Å². The zero-order valence-corrected chi connectivity index (χ0v) is 14.6. The number of rotatable bonds is 6. The summed E-state index contributed by atoms with van der Waals surface area (Å²) in [6, 6.07) is 5.41. The van der Waals surface area contributed by atoms with E-state index in [1.807, 2.05) is 5.32 Å². The SMILES string of the molecule is COc1cc(-c2cc(C(F)(F)F)ccc2C(=O)NC=O)cc(OC)c1OC. The summed E-state index contributed by atoms with van der Waals surface area (Å²) in [6.45, 7) is 0. The second-order valence-electron chi connectivity index (χ2n) is 5.26. The molecule has 9 heteroatoms. The molecule has 0 aliphatic carbocycles. The molecule has 0 saturated heterocycles. The minimum atomic E-state index is -4.62. The number of nitrogens with one attached hydrogen (secondary N) is 1. The number of carbonyl (C=O) groups excluding carboxylic acids is 2. The molecule has 2 aromatic rings. The standard InChI is InChI=1S/C18H16F3NO5/c1-25-14-6-10(7-15(26-2)16(14)27-3)13-8-11(18(19,20)21)4-5-12(13)17(24)22-9-23/h4-9H,1-3H3,(H,22,23,24). The highest BCUT2D eigenvalue weighted by Crippen LogP contribution is 2.43. The molecule has 0 bridgehead atoms. The first-order valence-electron chi connectivity index (χ1n) is 7.53. The van der Waals surface area contributed by atoms with E-state index in [4.69, 9.17) is 14.2 Å². The van der Waals surface area contributed by atoms with E-state index in [-0.39, 0.29) is 40.3 Å². The number of methoxy groups -OCH3 is 3. The van der Waals surface area contributed by atoms with Crippen molar-refractivity contribution < 1.29 is 37.0 Å². The smallest absolute Gasteiger partial charge is 0.416 e. The van der Waals surface area contributed by atoms with Crippen molar-refractivity contribution in [3.63, 3.8) is 0 Å². The van der Waals surface area contributed by atoms with Gasteiger partial charge in [-0.15, -0.1) is 0 Å². The van der Waals surface area contributed by atoms with Crippen LogP contribution in [0.4, 0.5) is 13.2 Å². The van der Waals surface area contributed by atoms with Gasteiger partial charge in [0.1, 0.15) is 0 Å². The Balaban J connectivity index is 2.78. The third-order valence-electron chi connectivity index (χ3n) is 3.76. The minimum absolute atomic E-state index is 0.0524. The van der Waals surface area contributed by atoms with E-state index in [0.717, 1.165) is 18.2 Å². The molecule has 1 N–H and O–H groups in total. The summed E-state index contributed by atoms with van der Waals surface area (Å²) < 4.78 is 55.0. The Morgan fingerprint density at radius 2 is 1.59 bits per heavy atom. The van der Waals surface area contributed by atoms with Crippen LogP contribution in [0.15, 0.2) is 30.3 Å². The molecule has 6 nitrogen and oxygen atoms in total. The number of imide groups is 1. The first-order chi connectivity index (χ1) is 12.8. The molecule has 0 atom stereocenters. The molecule has 0 saturated carbocycles. The molecule has 2 aromatic carbocycles. The average Bonchev–Trinajstić information content (AvgIpc) is 2.65. The lowest BCUT2D eigenvalue weighted by atomic mass is 9.95. The maximum Gasteiger partial charge on any atom is 0.416 e. The summed E-state index contributed by atoms with van der Waals surface area (Å²) in [6.07, 6.45) is -4.46. The van der Waals surface area contributed by atoms with Crippen LogP contribution in [0.1, 0.15) is 15.9 Å². The number of halogens is 3. The molecule has 0 aliphatic heterocycles. The Morgan fingerprint density at radius 3 is 2.04 bits per heavy atom. The first kappa shape index (κ1) is 20.1. The van der Waals surface area contributed by atoms with Crippen LogP contribution in [0.5, 0.6) is 17.2 Å².